The van der Waals surface area contributed by atoms with Crippen molar-refractivity contribution in [3.8, 4) is 0 Å². The zero-order valence-corrected chi connectivity index (χ0v) is 11.3. The lowest BCUT2D eigenvalue weighted by Crippen LogP contribution is -2.23. The van der Waals surface area contributed by atoms with Gasteiger partial charge in [0.1, 0.15) is 6.33 Å². The van der Waals surface area contributed by atoms with Gasteiger partial charge in [-0.1, -0.05) is 18.2 Å². The number of hydrogen-bond donors (Lipinski definition) is 0. The lowest BCUT2D eigenvalue weighted by Gasteiger charge is -2.19. The number of benzene rings is 1. The molecule has 96 valence electrons. The second-order valence-corrected chi connectivity index (χ2v) is 5.29. The van der Waals surface area contributed by atoms with E-state index in [2.05, 4.69) is 27.2 Å². The summed E-state index contributed by atoms with van der Waals surface area (Å²) in [5.41, 5.74) is 1.16. The van der Waals surface area contributed by atoms with Crippen LogP contribution in [0.1, 0.15) is 0 Å². The first-order valence-corrected chi connectivity index (χ1v) is 7.21. The van der Waals surface area contributed by atoms with Gasteiger partial charge in [0.15, 0.2) is 0 Å². The summed E-state index contributed by atoms with van der Waals surface area (Å²) < 4.78 is 13.2. The normalized spacial score (nSPS) is 12.3. The Hall–Kier alpha value is -1.69. The molecule has 0 aliphatic heterocycles. The summed E-state index contributed by atoms with van der Waals surface area (Å²) in [5, 5.41) is 8.18. The number of hydrogen-bond acceptors (Lipinski definition) is 4. The Morgan fingerprint density at radius 3 is 2.72 bits per heavy atom. The summed E-state index contributed by atoms with van der Waals surface area (Å²) in [7, 11) is 0.932. The summed E-state index contributed by atoms with van der Waals surface area (Å²) >= 11 is 0. The van der Waals surface area contributed by atoms with E-state index in [4.69, 9.17) is 0 Å². The van der Waals surface area contributed by atoms with Crippen LogP contribution < -0.4 is 4.90 Å². The molecule has 0 aliphatic carbocycles. The van der Waals surface area contributed by atoms with Crippen molar-refractivity contribution in [3.05, 3.63) is 36.7 Å². The highest BCUT2D eigenvalue weighted by Crippen LogP contribution is 2.11. The van der Waals surface area contributed by atoms with Crippen LogP contribution in [-0.2, 0) is 17.3 Å². The summed E-state index contributed by atoms with van der Waals surface area (Å²) in [6.45, 7) is 1.53. The first-order valence-electron chi connectivity index (χ1n) is 5.66. The van der Waals surface area contributed by atoms with Crippen LogP contribution in [-0.4, -0.2) is 38.8 Å². The molecule has 1 aromatic heterocycles. The molecule has 1 atom stereocenters. The highest BCUT2D eigenvalue weighted by atomic mass is 32.2. The number of nitrogens with zero attached hydrogens (tertiary/aromatic N) is 4. The molecule has 2 aromatic rings. The molecule has 5 nitrogen and oxygen atoms in total. The van der Waals surface area contributed by atoms with E-state index in [0.29, 0.717) is 11.7 Å². The van der Waals surface area contributed by atoms with E-state index in [1.165, 1.54) is 0 Å². The number of anilines is 1. The van der Waals surface area contributed by atoms with Crippen molar-refractivity contribution in [2.24, 2.45) is 0 Å². The van der Waals surface area contributed by atoms with Crippen LogP contribution in [0.3, 0.4) is 0 Å². The van der Waals surface area contributed by atoms with Crippen LogP contribution in [0, 0.1) is 0 Å². The molecular weight excluding hydrogens is 248 g/mol. The van der Waals surface area contributed by atoms with E-state index in [1.54, 1.807) is 12.6 Å². The number of aromatic nitrogens is 3. The van der Waals surface area contributed by atoms with Gasteiger partial charge in [0.2, 0.25) is 5.16 Å². The van der Waals surface area contributed by atoms with Gasteiger partial charge in [-0.2, -0.15) is 0 Å². The van der Waals surface area contributed by atoms with Gasteiger partial charge < -0.3 is 9.47 Å². The highest BCUT2D eigenvalue weighted by Gasteiger charge is 2.08. The maximum atomic E-state index is 11.4. The fourth-order valence-corrected chi connectivity index (χ4v) is 2.32. The Bertz CT molecular complexity index is 526. The van der Waals surface area contributed by atoms with Crippen molar-refractivity contribution >= 4 is 16.5 Å². The van der Waals surface area contributed by atoms with Crippen LogP contribution in [0.5, 0.6) is 0 Å². The maximum Gasteiger partial charge on any atom is 0.221 e. The van der Waals surface area contributed by atoms with Gasteiger partial charge in [0.25, 0.3) is 0 Å². The molecule has 0 saturated heterocycles. The quantitative estimate of drug-likeness (QED) is 0.813. The molecule has 18 heavy (non-hydrogen) atoms. The molecule has 0 unspecified atom stereocenters. The molecule has 2 rings (SSSR count). The van der Waals surface area contributed by atoms with Gasteiger partial charge in [-0.25, -0.2) is 0 Å². The van der Waals surface area contributed by atoms with E-state index >= 15 is 0 Å². The Kier molecular flexibility index (Phi) is 4.09. The second kappa shape index (κ2) is 5.77. The van der Waals surface area contributed by atoms with E-state index < -0.39 is 10.8 Å². The SMILES string of the molecule is CN(CCn1cnnc1[S@@](C)=O)c1ccccc1. The lowest BCUT2D eigenvalue weighted by atomic mass is 10.3. The van der Waals surface area contributed by atoms with Crippen LogP contribution in [0.25, 0.3) is 0 Å². The van der Waals surface area contributed by atoms with Crippen LogP contribution in [0.2, 0.25) is 0 Å². The third-order valence-electron chi connectivity index (χ3n) is 2.71. The van der Waals surface area contributed by atoms with Crippen molar-refractivity contribution < 1.29 is 4.21 Å². The first-order chi connectivity index (χ1) is 8.68. The predicted octanol–water partition coefficient (Wildman–Crippen LogP) is 1.15. The molecule has 1 heterocycles. The molecule has 0 radical (unpaired) electrons. The van der Waals surface area contributed by atoms with E-state index in [0.717, 1.165) is 12.2 Å². The second-order valence-electron chi connectivity index (χ2n) is 4.02. The fraction of sp³-hybridized carbons (Fsp3) is 0.333. The van der Waals surface area contributed by atoms with Gasteiger partial charge in [-0.15, -0.1) is 10.2 Å². The monoisotopic (exact) mass is 264 g/mol. The smallest absolute Gasteiger partial charge is 0.221 e. The Morgan fingerprint density at radius 2 is 2.06 bits per heavy atom. The minimum atomic E-state index is -1.10. The average molecular weight is 264 g/mol. The summed E-state index contributed by atoms with van der Waals surface area (Å²) in [4.78, 5) is 2.14. The zero-order valence-electron chi connectivity index (χ0n) is 10.5. The van der Waals surface area contributed by atoms with Crippen molar-refractivity contribution in [1.82, 2.24) is 14.8 Å². The molecule has 0 spiro atoms. The topological polar surface area (TPSA) is 51.0 Å². The molecule has 6 heteroatoms. The molecule has 0 bridgehead atoms. The average Bonchev–Trinajstić information content (AvgIpc) is 2.85. The lowest BCUT2D eigenvalue weighted by molar-refractivity contribution is 0.612. The largest absolute Gasteiger partial charge is 0.373 e. The minimum Gasteiger partial charge on any atom is -0.373 e. The Morgan fingerprint density at radius 1 is 1.33 bits per heavy atom. The molecule has 1 aromatic carbocycles. The Balaban J connectivity index is 1.99. The van der Waals surface area contributed by atoms with Crippen molar-refractivity contribution in [2.45, 2.75) is 11.7 Å². The van der Waals surface area contributed by atoms with E-state index in [1.807, 2.05) is 29.8 Å². The number of para-hydroxylation sites is 1. The highest BCUT2D eigenvalue weighted by molar-refractivity contribution is 7.84. The van der Waals surface area contributed by atoms with Crippen molar-refractivity contribution in [2.75, 3.05) is 24.7 Å². The zero-order chi connectivity index (χ0) is 13.0. The minimum absolute atomic E-state index is 0.525. The van der Waals surface area contributed by atoms with Gasteiger partial charge >= 0.3 is 0 Å². The van der Waals surface area contributed by atoms with Crippen LogP contribution in [0.15, 0.2) is 41.8 Å². The first kappa shape index (κ1) is 12.8. The molecule has 0 N–H and O–H groups in total. The molecule has 0 fully saturated rings. The van der Waals surface area contributed by atoms with Crippen molar-refractivity contribution in [1.29, 1.82) is 0 Å². The molecular formula is C12H16N4OS. The standard InChI is InChI=1S/C12H16N4OS/c1-15(11-6-4-3-5-7-11)8-9-16-10-13-14-12(16)18(2)17/h3-7,10H,8-9H2,1-2H3/t18-/m1/s1. The summed E-state index contributed by atoms with van der Waals surface area (Å²) in [6.07, 6.45) is 3.23. The van der Waals surface area contributed by atoms with Gasteiger partial charge in [-0.3, -0.25) is 4.21 Å². The number of rotatable bonds is 5. The molecule has 0 saturated carbocycles. The summed E-state index contributed by atoms with van der Waals surface area (Å²) in [6, 6.07) is 10.1. The predicted molar refractivity (Wildman–Crippen MR) is 72.1 cm³/mol. The fourth-order valence-electron chi connectivity index (χ4n) is 1.69. The van der Waals surface area contributed by atoms with Gasteiger partial charge in [-0.05, 0) is 12.1 Å². The van der Waals surface area contributed by atoms with Gasteiger partial charge in [0, 0.05) is 32.1 Å². The summed E-state index contributed by atoms with van der Waals surface area (Å²) in [5.74, 6) is 0. The van der Waals surface area contributed by atoms with Crippen LogP contribution >= 0.6 is 0 Å². The van der Waals surface area contributed by atoms with Crippen molar-refractivity contribution in [3.63, 3.8) is 0 Å². The van der Waals surface area contributed by atoms with Gasteiger partial charge in [0.05, 0.1) is 10.8 Å². The molecule has 0 amide bonds. The Labute approximate surface area is 109 Å². The van der Waals surface area contributed by atoms with E-state index in [9.17, 15) is 4.21 Å². The van der Waals surface area contributed by atoms with E-state index in [-0.39, 0.29) is 0 Å². The third kappa shape index (κ3) is 2.95. The number of likely N-dealkylation sites (N-methyl/N-ethyl adjacent to an activating group) is 1. The molecule has 0 aliphatic rings. The van der Waals surface area contributed by atoms with Crippen LogP contribution in [0.4, 0.5) is 5.69 Å². The third-order valence-corrected chi connectivity index (χ3v) is 3.54. The maximum absolute atomic E-state index is 11.4.